The Bertz CT molecular complexity index is 2050. The number of phenols is 1. The summed E-state index contributed by atoms with van der Waals surface area (Å²) in [6, 6.07) is 15.6. The number of hydrogen-bond acceptors (Lipinski definition) is 8. The van der Waals surface area contributed by atoms with Crippen molar-refractivity contribution in [2.24, 2.45) is 12.8 Å². The average molecular weight is 798 g/mol. The van der Waals surface area contributed by atoms with E-state index in [9.17, 15) is 50.9 Å². The van der Waals surface area contributed by atoms with Crippen LogP contribution in [0.5, 0.6) is 5.75 Å². The summed E-state index contributed by atoms with van der Waals surface area (Å²) in [5.41, 5.74) is 12.4. The van der Waals surface area contributed by atoms with Crippen molar-refractivity contribution in [2.75, 3.05) is 0 Å². The molecule has 1 aliphatic rings. The van der Waals surface area contributed by atoms with E-state index in [-0.39, 0.29) is 37.5 Å². The summed E-state index contributed by atoms with van der Waals surface area (Å²) in [7, 11) is 1.78. The van der Waals surface area contributed by atoms with Crippen molar-refractivity contribution in [1.82, 2.24) is 19.8 Å². The first-order valence-electron chi connectivity index (χ1n) is 16.4. The van der Waals surface area contributed by atoms with Gasteiger partial charge in [0.15, 0.2) is 0 Å². The highest BCUT2D eigenvalue weighted by Gasteiger charge is 2.40. The van der Waals surface area contributed by atoms with Crippen molar-refractivity contribution in [3.63, 3.8) is 0 Å². The number of aromatic hydroxyl groups is 1. The molecule has 0 fully saturated rings. The van der Waals surface area contributed by atoms with Gasteiger partial charge in [-0.3, -0.25) is 14.4 Å². The predicted molar refractivity (Wildman–Crippen MR) is 185 cm³/mol. The van der Waals surface area contributed by atoms with Crippen LogP contribution in [0.2, 0.25) is 0 Å². The second kappa shape index (κ2) is 18.0. The molecule has 302 valence electrons. The molecule has 7 N–H and O–H groups in total. The Labute approximate surface area is 314 Å². The number of amides is 2. The number of carbonyl (C=O) groups is 5. The smallest absolute Gasteiger partial charge is 0.490 e. The molecule has 1 aromatic heterocycles. The molecule has 0 spiro atoms. The Morgan fingerprint density at radius 1 is 0.875 bits per heavy atom. The third kappa shape index (κ3) is 11.4. The Morgan fingerprint density at radius 3 is 1.88 bits per heavy atom. The van der Waals surface area contributed by atoms with E-state index in [2.05, 4.69) is 10.3 Å². The Hall–Kier alpha value is -6.18. The van der Waals surface area contributed by atoms with Crippen molar-refractivity contribution in [2.45, 2.75) is 70.1 Å². The van der Waals surface area contributed by atoms with E-state index in [1.54, 1.807) is 23.7 Å². The minimum Gasteiger partial charge on any atom is -0.508 e. The topological polar surface area (TPSA) is 225 Å². The van der Waals surface area contributed by atoms with Crippen LogP contribution in [0.4, 0.5) is 26.3 Å². The van der Waals surface area contributed by atoms with E-state index in [4.69, 9.17) is 25.5 Å². The third-order valence-electron chi connectivity index (χ3n) is 8.57. The molecule has 0 saturated heterocycles. The number of aliphatic carboxylic acids is 3. The number of aromatic nitrogens is 2. The number of para-hydroxylation sites is 2. The summed E-state index contributed by atoms with van der Waals surface area (Å²) >= 11 is 0. The predicted octanol–water partition coefficient (Wildman–Crippen LogP) is 4.32. The zero-order valence-electron chi connectivity index (χ0n) is 29.9. The number of halogens is 6. The fourth-order valence-corrected chi connectivity index (χ4v) is 5.93. The molecule has 5 rings (SSSR count). The van der Waals surface area contributed by atoms with E-state index < -0.39 is 54.3 Å². The van der Waals surface area contributed by atoms with Gasteiger partial charge in [-0.1, -0.05) is 36.4 Å². The minimum absolute atomic E-state index is 0.148. The monoisotopic (exact) mass is 797 g/mol. The Kier molecular flexibility index (Phi) is 14.2. The van der Waals surface area contributed by atoms with Crippen molar-refractivity contribution in [1.29, 1.82) is 0 Å². The van der Waals surface area contributed by atoms with Crippen molar-refractivity contribution in [3.8, 4) is 5.75 Å². The SMILES string of the molecule is Cc1cc(O)cc(C)c1C[C@H](N)C(=O)N1Cc2ccccc2C[C@H]1C(=O)N[C@H](CC(=O)O)c1nc2ccccc2n1C.O=C(O)C(F)(F)F.O=C(O)C(F)(F)F. The molecule has 3 atom stereocenters. The fourth-order valence-electron chi connectivity index (χ4n) is 5.93. The lowest BCUT2D eigenvalue weighted by molar-refractivity contribution is -0.193. The number of phenolic OH excluding ortho intramolecular Hbond substituents is 1. The van der Waals surface area contributed by atoms with E-state index in [1.807, 2.05) is 62.4 Å². The number of carboxylic acid groups (broad SMARTS) is 3. The summed E-state index contributed by atoms with van der Waals surface area (Å²) in [6.07, 6.45) is -10.0. The maximum atomic E-state index is 13.9. The first-order chi connectivity index (χ1) is 25.9. The highest BCUT2D eigenvalue weighted by molar-refractivity contribution is 5.91. The van der Waals surface area contributed by atoms with Crippen LogP contribution in [0, 0.1) is 13.8 Å². The molecule has 0 unspecified atom stereocenters. The molecule has 1 aliphatic heterocycles. The van der Waals surface area contributed by atoms with Gasteiger partial charge >= 0.3 is 30.3 Å². The number of nitrogens with one attached hydrogen (secondary N) is 1. The largest absolute Gasteiger partial charge is 0.508 e. The molecule has 14 nitrogen and oxygen atoms in total. The number of fused-ring (bicyclic) bond motifs is 2. The molecule has 2 amide bonds. The van der Waals surface area contributed by atoms with Crippen molar-refractivity contribution >= 4 is 40.8 Å². The number of benzene rings is 3. The first-order valence-corrected chi connectivity index (χ1v) is 16.4. The molecule has 0 radical (unpaired) electrons. The van der Waals surface area contributed by atoms with Crippen molar-refractivity contribution < 1.29 is 70.7 Å². The lowest BCUT2D eigenvalue weighted by Crippen LogP contribution is -2.57. The van der Waals surface area contributed by atoms with Gasteiger partial charge in [-0.2, -0.15) is 26.3 Å². The summed E-state index contributed by atoms with van der Waals surface area (Å²) < 4.78 is 65.3. The van der Waals surface area contributed by atoms with Gasteiger partial charge in [0.25, 0.3) is 0 Å². The second-order valence-electron chi connectivity index (χ2n) is 12.6. The molecule has 20 heteroatoms. The second-order valence-corrected chi connectivity index (χ2v) is 12.6. The zero-order valence-corrected chi connectivity index (χ0v) is 29.9. The van der Waals surface area contributed by atoms with Crippen LogP contribution in [-0.2, 0) is 50.4 Å². The number of alkyl halides is 6. The number of carboxylic acids is 3. The third-order valence-corrected chi connectivity index (χ3v) is 8.57. The summed E-state index contributed by atoms with van der Waals surface area (Å²) in [4.78, 5) is 63.6. The molecule has 4 aromatic rings. The number of nitrogens with two attached hydrogens (primary N) is 1. The zero-order chi connectivity index (χ0) is 42.3. The highest BCUT2D eigenvalue weighted by Crippen LogP contribution is 2.28. The van der Waals surface area contributed by atoms with E-state index in [1.165, 1.54) is 4.90 Å². The molecule has 0 saturated carbocycles. The maximum Gasteiger partial charge on any atom is 0.490 e. The summed E-state index contributed by atoms with van der Waals surface area (Å²) in [6.45, 7) is 3.91. The van der Waals surface area contributed by atoms with Crippen LogP contribution >= 0.6 is 0 Å². The van der Waals surface area contributed by atoms with Gasteiger partial charge in [-0.15, -0.1) is 0 Å². The number of aryl methyl sites for hydroxylation is 3. The minimum atomic E-state index is -5.08. The number of hydrogen-bond donors (Lipinski definition) is 6. The van der Waals surface area contributed by atoms with Gasteiger partial charge in [0.2, 0.25) is 11.8 Å². The van der Waals surface area contributed by atoms with Gasteiger partial charge in [0.05, 0.1) is 29.5 Å². The lowest BCUT2D eigenvalue weighted by Gasteiger charge is -2.38. The van der Waals surface area contributed by atoms with Crippen molar-refractivity contribution in [3.05, 3.63) is 94.3 Å². The molecule has 0 aliphatic carbocycles. The van der Waals surface area contributed by atoms with Gasteiger partial charge in [-0.05, 0) is 72.4 Å². The number of carbonyl (C=O) groups excluding carboxylic acids is 2. The molecule has 0 bridgehead atoms. The first kappa shape index (κ1) is 44.2. The Balaban J connectivity index is 0.000000512. The number of rotatable bonds is 8. The fraction of sp³-hybridized carbons (Fsp3) is 0.333. The summed E-state index contributed by atoms with van der Waals surface area (Å²) in [5.74, 6) is -6.89. The summed E-state index contributed by atoms with van der Waals surface area (Å²) in [5, 5.41) is 36.8. The van der Waals surface area contributed by atoms with Crippen LogP contribution in [0.25, 0.3) is 11.0 Å². The van der Waals surface area contributed by atoms with Gasteiger partial charge in [-0.25, -0.2) is 14.6 Å². The maximum absolute atomic E-state index is 13.9. The lowest BCUT2D eigenvalue weighted by atomic mass is 9.91. The van der Waals surface area contributed by atoms with Gasteiger partial charge in [0, 0.05) is 20.0 Å². The molecular formula is C36H37F6N5O9. The molecule has 2 heterocycles. The van der Waals surface area contributed by atoms with E-state index >= 15 is 0 Å². The normalized spacial score (nSPS) is 14.9. The number of nitrogens with zero attached hydrogens (tertiary/aromatic N) is 3. The van der Waals surface area contributed by atoms with Crippen LogP contribution in [0.1, 0.15) is 46.1 Å². The molecular weight excluding hydrogens is 760 g/mol. The quantitative estimate of drug-likeness (QED) is 0.138. The van der Waals surface area contributed by atoms with E-state index in [0.29, 0.717) is 11.3 Å². The molecule has 3 aromatic carbocycles. The van der Waals surface area contributed by atoms with Gasteiger partial charge < -0.3 is 40.9 Å². The van der Waals surface area contributed by atoms with Crippen LogP contribution < -0.4 is 11.1 Å². The van der Waals surface area contributed by atoms with Crippen LogP contribution in [0.15, 0.2) is 60.7 Å². The number of imidazole rings is 1. The average Bonchev–Trinajstić information content (AvgIpc) is 3.44. The van der Waals surface area contributed by atoms with E-state index in [0.717, 1.165) is 33.3 Å². The van der Waals surface area contributed by atoms with Crippen LogP contribution in [0.3, 0.4) is 0 Å². The standard InChI is InChI=1S/C32H35N5O5.2C2HF3O2/c1-18-12-22(38)13-19(2)23(18)15-24(33)32(42)37-17-21-9-5-4-8-20(21)14-28(37)31(41)35-26(16-29(39)40)30-34-25-10-6-7-11-27(25)36(30)3;2*3-2(4,5)1(6)7/h4-13,24,26,28,38H,14-17,33H2,1-3H3,(H,35,41)(H,39,40);2*(H,6,7)/t24-,26+,28-;;/m0../s1. The van der Waals surface area contributed by atoms with Gasteiger partial charge in [0.1, 0.15) is 17.6 Å². The van der Waals surface area contributed by atoms with Crippen LogP contribution in [-0.4, -0.2) is 89.0 Å². The Morgan fingerprint density at radius 2 is 1.38 bits per heavy atom. The highest BCUT2D eigenvalue weighted by atomic mass is 19.4. The molecule has 56 heavy (non-hydrogen) atoms.